The van der Waals surface area contributed by atoms with Crippen molar-refractivity contribution in [2.24, 2.45) is 0 Å². The Morgan fingerprint density at radius 1 is 1.41 bits per heavy atom. The van der Waals surface area contributed by atoms with Crippen molar-refractivity contribution in [3.63, 3.8) is 0 Å². The molecule has 0 spiro atoms. The van der Waals surface area contributed by atoms with Gasteiger partial charge in [-0.15, -0.1) is 0 Å². The molecule has 0 unspecified atom stereocenters. The molecule has 1 N–H and O–H groups in total. The minimum atomic E-state index is -4.50. The zero-order valence-corrected chi connectivity index (χ0v) is 12.1. The van der Waals surface area contributed by atoms with E-state index in [1.54, 1.807) is 12.1 Å². The maximum Gasteiger partial charge on any atom is 0.420 e. The van der Waals surface area contributed by atoms with E-state index in [2.05, 4.69) is 15.0 Å². The largest absolute Gasteiger partial charge is 0.495 e. The maximum absolute atomic E-state index is 12.8. The number of ether oxygens (including phenoxy) is 2. The lowest BCUT2D eigenvalue weighted by Crippen LogP contribution is -2.72. The molecular formula is C13H16F3N3O3. The number of pyridine rings is 1. The Balaban J connectivity index is 1.84. The van der Waals surface area contributed by atoms with Crippen LogP contribution in [-0.2, 0) is 11.3 Å². The molecule has 1 aromatic heterocycles. The number of aromatic nitrogens is 1. The average Bonchev–Trinajstić information content (AvgIpc) is 2.43. The summed E-state index contributed by atoms with van der Waals surface area (Å²) in [6.07, 6.45) is -3.01. The summed E-state index contributed by atoms with van der Waals surface area (Å²) >= 11 is 0. The molecule has 122 valence electrons. The third-order valence-electron chi connectivity index (χ3n) is 3.54. The number of hydrogen-bond donors (Lipinski definition) is 1. The number of amides is 2. The van der Waals surface area contributed by atoms with Crippen LogP contribution in [0.3, 0.4) is 0 Å². The number of methoxy groups -OCH3 is 2. The SMILES string of the molecule is COc1ccc(CNC(=O)N2CC(OC)(C(F)(F)F)C2)nc1. The second kappa shape index (κ2) is 5.99. The van der Waals surface area contributed by atoms with Gasteiger partial charge in [-0.05, 0) is 12.1 Å². The van der Waals surface area contributed by atoms with Crippen LogP contribution in [0.1, 0.15) is 5.69 Å². The number of nitrogens with zero attached hydrogens (tertiary/aromatic N) is 2. The summed E-state index contributed by atoms with van der Waals surface area (Å²) in [4.78, 5) is 16.9. The summed E-state index contributed by atoms with van der Waals surface area (Å²) in [7, 11) is 2.50. The molecule has 0 aliphatic carbocycles. The fraction of sp³-hybridized carbons (Fsp3) is 0.538. The maximum atomic E-state index is 12.8. The Kier molecular flexibility index (Phi) is 4.45. The summed E-state index contributed by atoms with van der Waals surface area (Å²) < 4.78 is 47.9. The third-order valence-corrected chi connectivity index (χ3v) is 3.54. The van der Waals surface area contributed by atoms with Crippen LogP contribution < -0.4 is 10.1 Å². The van der Waals surface area contributed by atoms with Crippen LogP contribution in [0.15, 0.2) is 18.3 Å². The van der Waals surface area contributed by atoms with Gasteiger partial charge in [-0.1, -0.05) is 0 Å². The first kappa shape index (κ1) is 16.3. The number of urea groups is 1. The molecule has 1 saturated heterocycles. The van der Waals surface area contributed by atoms with E-state index in [9.17, 15) is 18.0 Å². The molecule has 6 nitrogen and oxygen atoms in total. The lowest BCUT2D eigenvalue weighted by atomic mass is 9.93. The second-order valence-corrected chi connectivity index (χ2v) is 4.90. The first-order valence-corrected chi connectivity index (χ1v) is 6.45. The number of rotatable bonds is 4. The number of alkyl halides is 3. The quantitative estimate of drug-likeness (QED) is 0.915. The molecule has 0 aromatic carbocycles. The van der Waals surface area contributed by atoms with Crippen molar-refractivity contribution >= 4 is 6.03 Å². The lowest BCUT2D eigenvalue weighted by molar-refractivity contribution is -0.303. The summed E-state index contributed by atoms with van der Waals surface area (Å²) in [5.74, 6) is 0.577. The monoisotopic (exact) mass is 319 g/mol. The van der Waals surface area contributed by atoms with Gasteiger partial charge in [0.1, 0.15) is 5.75 Å². The number of carbonyl (C=O) groups excluding carboxylic acids is 1. The van der Waals surface area contributed by atoms with Gasteiger partial charge in [0, 0.05) is 7.11 Å². The number of hydrogen-bond acceptors (Lipinski definition) is 4. The first-order chi connectivity index (χ1) is 10.3. The molecule has 1 fully saturated rings. The van der Waals surface area contributed by atoms with Crippen molar-refractivity contribution in [3.8, 4) is 5.75 Å². The Morgan fingerprint density at radius 3 is 2.55 bits per heavy atom. The predicted octanol–water partition coefficient (Wildman–Crippen LogP) is 1.56. The van der Waals surface area contributed by atoms with E-state index in [1.165, 1.54) is 13.3 Å². The van der Waals surface area contributed by atoms with Gasteiger partial charge >= 0.3 is 12.2 Å². The number of carbonyl (C=O) groups is 1. The predicted molar refractivity (Wildman–Crippen MR) is 70.4 cm³/mol. The summed E-state index contributed by atoms with van der Waals surface area (Å²) in [6, 6.07) is 2.75. The molecule has 2 amide bonds. The molecule has 1 aliphatic heterocycles. The minimum Gasteiger partial charge on any atom is -0.495 e. The summed E-state index contributed by atoms with van der Waals surface area (Å²) in [5.41, 5.74) is -1.69. The van der Waals surface area contributed by atoms with Crippen molar-refractivity contribution in [3.05, 3.63) is 24.0 Å². The average molecular weight is 319 g/mol. The van der Waals surface area contributed by atoms with Gasteiger partial charge < -0.3 is 19.7 Å². The summed E-state index contributed by atoms with van der Waals surface area (Å²) in [5, 5.41) is 2.51. The highest BCUT2D eigenvalue weighted by atomic mass is 19.4. The number of likely N-dealkylation sites (tertiary alicyclic amines) is 1. The zero-order chi connectivity index (χ0) is 16.4. The van der Waals surface area contributed by atoms with E-state index in [1.807, 2.05) is 0 Å². The smallest absolute Gasteiger partial charge is 0.420 e. The van der Waals surface area contributed by atoms with Gasteiger partial charge in [-0.3, -0.25) is 4.98 Å². The van der Waals surface area contributed by atoms with E-state index >= 15 is 0 Å². The Hall–Kier alpha value is -2.03. The van der Waals surface area contributed by atoms with Crippen LogP contribution in [0.4, 0.5) is 18.0 Å². The van der Waals surface area contributed by atoms with E-state index in [-0.39, 0.29) is 6.54 Å². The van der Waals surface area contributed by atoms with Crippen LogP contribution in [0.2, 0.25) is 0 Å². The fourth-order valence-electron chi connectivity index (χ4n) is 2.05. The van der Waals surface area contributed by atoms with Gasteiger partial charge in [0.25, 0.3) is 0 Å². The zero-order valence-electron chi connectivity index (χ0n) is 12.1. The van der Waals surface area contributed by atoms with Crippen molar-refractivity contribution < 1.29 is 27.4 Å². The Bertz CT molecular complexity index is 528. The van der Waals surface area contributed by atoms with Crippen LogP contribution in [0.25, 0.3) is 0 Å². The molecule has 2 heterocycles. The van der Waals surface area contributed by atoms with Gasteiger partial charge in [-0.2, -0.15) is 13.2 Å². The highest BCUT2D eigenvalue weighted by Crippen LogP contribution is 2.40. The molecule has 0 bridgehead atoms. The normalized spacial score (nSPS) is 16.9. The highest BCUT2D eigenvalue weighted by Gasteiger charge is 2.63. The van der Waals surface area contributed by atoms with Gasteiger partial charge in [0.2, 0.25) is 0 Å². The molecule has 0 radical (unpaired) electrons. The molecule has 22 heavy (non-hydrogen) atoms. The van der Waals surface area contributed by atoms with Gasteiger partial charge in [0.15, 0.2) is 5.60 Å². The van der Waals surface area contributed by atoms with Crippen molar-refractivity contribution in [2.45, 2.75) is 18.3 Å². The Labute approximate surface area is 125 Å². The summed E-state index contributed by atoms with van der Waals surface area (Å²) in [6.45, 7) is -0.922. The Morgan fingerprint density at radius 2 is 2.09 bits per heavy atom. The first-order valence-electron chi connectivity index (χ1n) is 6.45. The molecule has 9 heteroatoms. The van der Waals surface area contributed by atoms with Gasteiger partial charge in [0.05, 0.1) is 38.6 Å². The molecular weight excluding hydrogens is 303 g/mol. The fourth-order valence-corrected chi connectivity index (χ4v) is 2.05. The minimum absolute atomic E-state index is 0.116. The number of nitrogens with one attached hydrogen (secondary N) is 1. The van der Waals surface area contributed by atoms with Crippen LogP contribution in [0, 0.1) is 0 Å². The van der Waals surface area contributed by atoms with Crippen molar-refractivity contribution in [1.29, 1.82) is 0 Å². The van der Waals surface area contributed by atoms with E-state index in [0.29, 0.717) is 11.4 Å². The molecule has 1 aromatic rings. The van der Waals surface area contributed by atoms with Crippen molar-refractivity contribution in [2.75, 3.05) is 27.3 Å². The van der Waals surface area contributed by atoms with Gasteiger partial charge in [-0.25, -0.2) is 4.79 Å². The molecule has 0 saturated carbocycles. The topological polar surface area (TPSA) is 63.7 Å². The highest BCUT2D eigenvalue weighted by molar-refractivity contribution is 5.75. The van der Waals surface area contributed by atoms with Crippen molar-refractivity contribution in [1.82, 2.24) is 15.2 Å². The molecule has 1 aliphatic rings. The van der Waals surface area contributed by atoms with E-state index in [0.717, 1.165) is 12.0 Å². The van der Waals surface area contributed by atoms with Crippen LogP contribution in [-0.4, -0.2) is 55.0 Å². The van der Waals surface area contributed by atoms with Crippen LogP contribution >= 0.6 is 0 Å². The second-order valence-electron chi connectivity index (χ2n) is 4.90. The van der Waals surface area contributed by atoms with Crippen LogP contribution in [0.5, 0.6) is 5.75 Å². The molecule has 2 rings (SSSR count). The number of halogens is 3. The lowest BCUT2D eigenvalue weighted by Gasteiger charge is -2.49. The molecule has 0 atom stereocenters. The van der Waals surface area contributed by atoms with E-state index < -0.39 is 30.9 Å². The van der Waals surface area contributed by atoms with E-state index in [4.69, 9.17) is 4.74 Å². The third kappa shape index (κ3) is 3.08. The standard InChI is InChI=1S/C13H16F3N3O3/c1-21-10-4-3-9(17-6-10)5-18-11(20)19-7-12(8-19,22-2)13(14,15)16/h3-4,6H,5,7-8H2,1-2H3,(H,18,20).